The second kappa shape index (κ2) is 5.46. The van der Waals surface area contributed by atoms with E-state index in [0.29, 0.717) is 5.69 Å². The van der Waals surface area contributed by atoms with Crippen molar-refractivity contribution in [2.75, 3.05) is 25.1 Å². The van der Waals surface area contributed by atoms with E-state index in [4.69, 9.17) is 9.84 Å². The number of carbonyl (C=O) groups is 1. The van der Waals surface area contributed by atoms with Crippen molar-refractivity contribution in [3.63, 3.8) is 0 Å². The maximum atomic E-state index is 10.6. The predicted octanol–water partition coefficient (Wildman–Crippen LogP) is 1.39. The lowest BCUT2D eigenvalue weighted by Gasteiger charge is -2.19. The molecule has 1 atom stereocenters. The normalized spacial score (nSPS) is 19.5. The monoisotopic (exact) mass is 256 g/mol. The highest BCUT2D eigenvalue weighted by molar-refractivity contribution is 7.13. The lowest BCUT2D eigenvalue weighted by Crippen LogP contribution is -2.28. The van der Waals surface area contributed by atoms with E-state index in [2.05, 4.69) is 4.98 Å². The number of anilines is 1. The minimum atomic E-state index is -0.844. The molecule has 1 aliphatic heterocycles. The van der Waals surface area contributed by atoms with Gasteiger partial charge in [-0.05, 0) is 12.8 Å². The van der Waals surface area contributed by atoms with E-state index in [-0.39, 0.29) is 12.5 Å². The van der Waals surface area contributed by atoms with Crippen molar-refractivity contribution in [1.82, 2.24) is 4.98 Å². The van der Waals surface area contributed by atoms with Crippen molar-refractivity contribution < 1.29 is 14.6 Å². The van der Waals surface area contributed by atoms with E-state index in [9.17, 15) is 4.79 Å². The molecule has 0 radical (unpaired) electrons. The van der Waals surface area contributed by atoms with Crippen LogP contribution < -0.4 is 4.90 Å². The van der Waals surface area contributed by atoms with Gasteiger partial charge in [0.1, 0.15) is 0 Å². The van der Waals surface area contributed by atoms with Crippen LogP contribution in [0.2, 0.25) is 0 Å². The summed E-state index contributed by atoms with van der Waals surface area (Å²) >= 11 is 1.48. The van der Waals surface area contributed by atoms with Crippen LogP contribution in [0.1, 0.15) is 18.5 Å². The Morgan fingerprint density at radius 1 is 1.76 bits per heavy atom. The second-order valence-corrected chi connectivity index (χ2v) is 5.04. The molecule has 1 fully saturated rings. The highest BCUT2D eigenvalue weighted by Gasteiger charge is 2.19. The van der Waals surface area contributed by atoms with Gasteiger partial charge < -0.3 is 14.7 Å². The smallest absolute Gasteiger partial charge is 0.309 e. The summed E-state index contributed by atoms with van der Waals surface area (Å²) in [6.45, 7) is 1.67. The number of carboxylic acid groups (broad SMARTS) is 1. The number of thiazole rings is 1. The highest BCUT2D eigenvalue weighted by Crippen LogP contribution is 2.22. The zero-order chi connectivity index (χ0) is 12.3. The molecule has 1 unspecified atom stereocenters. The predicted molar refractivity (Wildman–Crippen MR) is 65.7 cm³/mol. The van der Waals surface area contributed by atoms with Crippen molar-refractivity contribution in [1.29, 1.82) is 0 Å². The molecule has 2 heterocycles. The Morgan fingerprint density at radius 3 is 3.24 bits per heavy atom. The summed E-state index contributed by atoms with van der Waals surface area (Å²) in [6, 6.07) is 0. The topological polar surface area (TPSA) is 62.7 Å². The van der Waals surface area contributed by atoms with Crippen molar-refractivity contribution in [2.45, 2.75) is 25.4 Å². The van der Waals surface area contributed by atoms with Crippen LogP contribution in [0.25, 0.3) is 0 Å². The second-order valence-electron chi connectivity index (χ2n) is 4.21. The fourth-order valence-electron chi connectivity index (χ4n) is 1.88. The minimum absolute atomic E-state index is 0.00965. The first kappa shape index (κ1) is 12.3. The van der Waals surface area contributed by atoms with Crippen molar-refractivity contribution in [3.8, 4) is 0 Å². The molecule has 0 spiro atoms. The number of likely N-dealkylation sites (N-methyl/N-ethyl adjacent to an activating group) is 1. The maximum Gasteiger partial charge on any atom is 0.309 e. The number of nitrogens with zero attached hydrogens (tertiary/aromatic N) is 2. The van der Waals surface area contributed by atoms with Gasteiger partial charge in [-0.15, -0.1) is 11.3 Å². The summed E-state index contributed by atoms with van der Waals surface area (Å²) in [7, 11) is 1.96. The van der Waals surface area contributed by atoms with Gasteiger partial charge in [-0.2, -0.15) is 0 Å². The van der Waals surface area contributed by atoms with Crippen molar-refractivity contribution in [2.24, 2.45) is 0 Å². The van der Waals surface area contributed by atoms with Gasteiger partial charge in [0, 0.05) is 25.6 Å². The molecule has 0 aromatic carbocycles. The molecule has 1 saturated heterocycles. The summed E-state index contributed by atoms with van der Waals surface area (Å²) in [5, 5.41) is 11.3. The zero-order valence-corrected chi connectivity index (χ0v) is 10.6. The zero-order valence-electron chi connectivity index (χ0n) is 9.76. The van der Waals surface area contributed by atoms with E-state index < -0.39 is 5.97 Å². The quantitative estimate of drug-likeness (QED) is 0.862. The number of carboxylic acids is 1. The highest BCUT2D eigenvalue weighted by atomic mass is 32.1. The Morgan fingerprint density at radius 2 is 2.59 bits per heavy atom. The molecule has 0 aliphatic carbocycles. The molecule has 94 valence electrons. The Hall–Kier alpha value is -1.14. The Kier molecular flexibility index (Phi) is 3.96. The van der Waals surface area contributed by atoms with E-state index in [0.717, 1.165) is 31.1 Å². The van der Waals surface area contributed by atoms with Gasteiger partial charge >= 0.3 is 5.97 Å². The molecule has 1 aromatic rings. The van der Waals surface area contributed by atoms with Gasteiger partial charge in [0.25, 0.3) is 0 Å². The average molecular weight is 256 g/mol. The van der Waals surface area contributed by atoms with Crippen LogP contribution >= 0.6 is 11.3 Å². The van der Waals surface area contributed by atoms with Gasteiger partial charge in [-0.3, -0.25) is 4.79 Å². The third-order valence-electron chi connectivity index (χ3n) is 2.70. The Labute approximate surface area is 104 Å². The van der Waals surface area contributed by atoms with E-state index in [1.165, 1.54) is 11.3 Å². The molecule has 0 amide bonds. The first-order chi connectivity index (χ1) is 8.15. The molecule has 0 bridgehead atoms. The summed E-state index contributed by atoms with van der Waals surface area (Å²) in [6.07, 6.45) is 2.50. The van der Waals surface area contributed by atoms with E-state index in [1.807, 2.05) is 11.9 Å². The van der Waals surface area contributed by atoms with Crippen LogP contribution in [-0.2, 0) is 16.0 Å². The van der Waals surface area contributed by atoms with Gasteiger partial charge in [-0.1, -0.05) is 0 Å². The molecular formula is C11H16N2O3S. The van der Waals surface area contributed by atoms with Crippen LogP contribution in [0.5, 0.6) is 0 Å². The third kappa shape index (κ3) is 3.41. The molecule has 6 heteroatoms. The summed E-state index contributed by atoms with van der Waals surface area (Å²) in [4.78, 5) is 16.9. The lowest BCUT2D eigenvalue weighted by atomic mass is 10.2. The molecule has 2 rings (SSSR count). The Balaban J connectivity index is 1.91. The molecule has 1 aromatic heterocycles. The number of hydrogen-bond acceptors (Lipinski definition) is 5. The number of ether oxygens (including phenoxy) is 1. The van der Waals surface area contributed by atoms with Crippen LogP contribution in [0.15, 0.2) is 5.38 Å². The average Bonchev–Trinajstić information content (AvgIpc) is 2.87. The van der Waals surface area contributed by atoms with Crippen molar-refractivity contribution in [3.05, 3.63) is 11.1 Å². The van der Waals surface area contributed by atoms with Gasteiger partial charge in [0.05, 0.1) is 18.2 Å². The first-order valence-corrected chi connectivity index (χ1v) is 6.52. The van der Waals surface area contributed by atoms with Crippen LogP contribution in [-0.4, -0.2) is 42.4 Å². The van der Waals surface area contributed by atoms with Crippen molar-refractivity contribution >= 4 is 22.4 Å². The van der Waals surface area contributed by atoms with Gasteiger partial charge in [0.2, 0.25) is 0 Å². The number of aromatic nitrogens is 1. The molecular weight excluding hydrogens is 240 g/mol. The molecule has 0 saturated carbocycles. The van der Waals surface area contributed by atoms with Crippen LogP contribution in [0, 0.1) is 0 Å². The third-order valence-corrected chi connectivity index (χ3v) is 3.70. The minimum Gasteiger partial charge on any atom is -0.481 e. The molecule has 1 aliphatic rings. The molecule has 17 heavy (non-hydrogen) atoms. The number of hydrogen-bond donors (Lipinski definition) is 1. The maximum absolute atomic E-state index is 10.6. The lowest BCUT2D eigenvalue weighted by molar-refractivity contribution is -0.136. The molecule has 1 N–H and O–H groups in total. The molecule has 5 nitrogen and oxygen atoms in total. The van der Waals surface area contributed by atoms with E-state index in [1.54, 1.807) is 5.38 Å². The summed E-state index contributed by atoms with van der Waals surface area (Å²) < 4.78 is 5.56. The Bertz CT molecular complexity index is 388. The van der Waals surface area contributed by atoms with Crippen LogP contribution in [0.3, 0.4) is 0 Å². The fourth-order valence-corrected chi connectivity index (χ4v) is 2.68. The van der Waals surface area contributed by atoms with Crippen LogP contribution in [0.4, 0.5) is 5.13 Å². The van der Waals surface area contributed by atoms with E-state index >= 15 is 0 Å². The summed E-state index contributed by atoms with van der Waals surface area (Å²) in [5.74, 6) is -0.844. The van der Waals surface area contributed by atoms with Gasteiger partial charge in [-0.25, -0.2) is 4.98 Å². The number of aliphatic carboxylic acids is 1. The van der Waals surface area contributed by atoms with Gasteiger partial charge in [0.15, 0.2) is 5.13 Å². The number of rotatable bonds is 5. The summed E-state index contributed by atoms with van der Waals surface area (Å²) in [5.41, 5.74) is 0.622. The fraction of sp³-hybridized carbons (Fsp3) is 0.636. The standard InChI is InChI=1S/C11H16N2O3S/c1-13(6-9-3-2-4-16-9)11-12-8(7-17-11)5-10(14)15/h7,9H,2-6H2,1H3,(H,14,15). The first-order valence-electron chi connectivity index (χ1n) is 5.64. The largest absolute Gasteiger partial charge is 0.481 e. The SMILES string of the molecule is CN(CC1CCCO1)c1nc(CC(=O)O)cs1.